The van der Waals surface area contributed by atoms with Crippen LogP contribution in [-0.2, 0) is 43.2 Å². The van der Waals surface area contributed by atoms with Crippen LogP contribution in [0, 0.1) is 5.41 Å². The summed E-state index contributed by atoms with van der Waals surface area (Å²) >= 11 is 0. The Morgan fingerprint density at radius 3 is 0.333 bits per heavy atom. The second-order valence-electron chi connectivity index (χ2n) is 7.01. The Morgan fingerprint density at radius 2 is 0.333 bits per heavy atom. The third kappa shape index (κ3) is 166. The van der Waals surface area contributed by atoms with E-state index in [0.717, 1.165) is 54.7 Å². The predicted octanol–water partition coefficient (Wildman–Crippen LogP) is 0.255. The Bertz CT molecular complexity index is 903. The van der Waals surface area contributed by atoms with Crippen molar-refractivity contribution in [2.75, 3.05) is 26.4 Å². The predicted molar refractivity (Wildman–Crippen MR) is 191 cm³/mol. The first-order valence-electron chi connectivity index (χ1n) is 12.8. The Morgan fingerprint density at radius 1 is 0.278 bits per heavy atom. The van der Waals surface area contributed by atoms with Crippen molar-refractivity contribution in [2.24, 2.45) is 5.41 Å². The van der Waals surface area contributed by atoms with Crippen molar-refractivity contribution in [3.63, 3.8) is 0 Å². The highest BCUT2D eigenvalue weighted by molar-refractivity contribution is 5.81. The van der Waals surface area contributed by atoms with Crippen molar-refractivity contribution in [1.29, 1.82) is 0 Å². The summed E-state index contributed by atoms with van der Waals surface area (Å²) in [5, 5.41) is 102. The van der Waals surface area contributed by atoms with Crippen molar-refractivity contribution in [3.8, 4) is 0 Å². The van der Waals surface area contributed by atoms with E-state index in [4.69, 9.17) is 66.4 Å². The van der Waals surface area contributed by atoms with Gasteiger partial charge in [-0.05, 0) is 0 Å². The molecule has 0 aliphatic carbocycles. The molecule has 0 unspecified atom stereocenters. The van der Waals surface area contributed by atoms with Gasteiger partial charge in [0.2, 0.25) is 0 Å². The largest absolute Gasteiger partial charge is 0.478 e. The first kappa shape index (κ1) is 72.4. The average molecular weight is 785 g/mol. The van der Waals surface area contributed by atoms with Crippen LogP contribution in [0.1, 0.15) is 0 Å². The van der Waals surface area contributed by atoms with Crippen molar-refractivity contribution >= 4 is 53.7 Å². The normalized spacial score (nSPS) is 7.33. The summed E-state index contributed by atoms with van der Waals surface area (Å²) in [6, 6.07) is 0. The lowest BCUT2D eigenvalue weighted by molar-refractivity contribution is -0.132. The fraction of sp³-hybridized carbons (Fsp3) is 0.156. The number of hydrogen-bond acceptors (Lipinski definition) is 13. The highest BCUT2D eigenvalue weighted by Gasteiger charge is 2.26. The molecule has 0 aromatic carbocycles. The van der Waals surface area contributed by atoms with Gasteiger partial charge < -0.3 is 66.4 Å². The van der Waals surface area contributed by atoms with Crippen LogP contribution in [-0.4, -0.2) is 147 Å². The van der Waals surface area contributed by atoms with Crippen LogP contribution in [0.2, 0.25) is 0 Å². The fourth-order valence-electron chi connectivity index (χ4n) is 0.300. The molecule has 0 aliphatic rings. The second kappa shape index (κ2) is 61.0. The summed E-state index contributed by atoms with van der Waals surface area (Å²) in [5.74, 6) is -8.83. The molecule has 0 aromatic heterocycles. The molecular weight excluding hydrogens is 736 g/mol. The van der Waals surface area contributed by atoms with Crippen LogP contribution < -0.4 is 0 Å². The van der Waals surface area contributed by atoms with E-state index in [9.17, 15) is 43.2 Å². The third-order valence-corrected chi connectivity index (χ3v) is 2.91. The van der Waals surface area contributed by atoms with E-state index in [-0.39, 0.29) is 0 Å². The Hall–Kier alpha value is -7.27. The average Bonchev–Trinajstić information content (AvgIpc) is 3.14. The zero-order valence-electron chi connectivity index (χ0n) is 28.9. The summed E-state index contributed by atoms with van der Waals surface area (Å²) in [5.41, 5.74) is -1.11. The van der Waals surface area contributed by atoms with Gasteiger partial charge in [0.15, 0.2) is 0 Å². The second-order valence-corrected chi connectivity index (χ2v) is 7.01. The van der Waals surface area contributed by atoms with Gasteiger partial charge in [-0.1, -0.05) is 59.2 Å². The van der Waals surface area contributed by atoms with E-state index in [0.29, 0.717) is 0 Å². The van der Waals surface area contributed by atoms with E-state index < -0.39 is 85.6 Å². The minimum Gasteiger partial charge on any atom is -0.478 e. The maximum Gasteiger partial charge on any atom is 0.327 e. The summed E-state index contributed by atoms with van der Waals surface area (Å²) in [6.07, 6.45) is 7.50. The summed E-state index contributed by atoms with van der Waals surface area (Å²) < 4.78 is 0. The molecule has 0 heterocycles. The molecule has 0 bridgehead atoms. The number of hydrogen-bond donors (Lipinski definition) is 13. The van der Waals surface area contributed by atoms with Crippen LogP contribution in [0.3, 0.4) is 0 Å². The highest BCUT2D eigenvalue weighted by atomic mass is 16.4. The number of carbonyl (C=O) groups is 9. The SMILES string of the molecule is C=CC(=O)O.C=CC(=O)O.C=CC(=O)O.C=CC(=O)O.C=CC(=O)O.C=CC(=O)O.C=CC(=O)O.C=CC(=O)O.C=CC(=O)O.OCC(CO)(CO)CO. The molecule has 0 saturated heterocycles. The minimum absolute atomic E-state index is 0.406. The van der Waals surface area contributed by atoms with Gasteiger partial charge in [-0.2, -0.15) is 0 Å². The van der Waals surface area contributed by atoms with Crippen molar-refractivity contribution in [2.45, 2.75) is 0 Å². The molecule has 22 nitrogen and oxygen atoms in total. The molecule has 0 fully saturated rings. The number of carboxylic acids is 9. The molecule has 0 amide bonds. The van der Waals surface area contributed by atoms with E-state index in [1.165, 1.54) is 0 Å². The Balaban J connectivity index is -0.0000000502. The third-order valence-electron chi connectivity index (χ3n) is 2.91. The maximum absolute atomic E-state index is 9.25. The van der Waals surface area contributed by atoms with E-state index >= 15 is 0 Å². The van der Waals surface area contributed by atoms with Crippen LogP contribution in [0.25, 0.3) is 0 Å². The topological polar surface area (TPSA) is 417 Å². The lowest BCUT2D eigenvalue weighted by Crippen LogP contribution is -2.37. The van der Waals surface area contributed by atoms with Gasteiger partial charge in [0.1, 0.15) is 0 Å². The van der Waals surface area contributed by atoms with E-state index in [1.807, 2.05) is 0 Å². The van der Waals surface area contributed by atoms with Gasteiger partial charge in [-0.15, -0.1) is 0 Å². The zero-order valence-corrected chi connectivity index (χ0v) is 28.9. The number of aliphatic carboxylic acids is 9. The summed E-state index contributed by atoms with van der Waals surface area (Å²) in [7, 11) is 0. The maximum atomic E-state index is 9.25. The van der Waals surface area contributed by atoms with Gasteiger partial charge in [0, 0.05) is 54.7 Å². The number of aliphatic hydroxyl groups excluding tert-OH is 4. The quantitative estimate of drug-likeness (QED) is 0.111. The molecule has 0 aliphatic heterocycles. The molecule has 54 heavy (non-hydrogen) atoms. The molecule has 0 atom stereocenters. The van der Waals surface area contributed by atoms with Gasteiger partial charge in [0.05, 0.1) is 31.8 Å². The fourth-order valence-corrected chi connectivity index (χ4v) is 0.300. The first-order chi connectivity index (χ1) is 24.7. The number of rotatable bonds is 13. The van der Waals surface area contributed by atoms with Crippen LogP contribution in [0.15, 0.2) is 114 Å². The molecule has 308 valence electrons. The molecular formula is C32H48O22. The number of carboxylic acid groups (broad SMARTS) is 9. The molecule has 0 aromatic rings. The molecule has 13 N–H and O–H groups in total. The van der Waals surface area contributed by atoms with Crippen LogP contribution in [0.5, 0.6) is 0 Å². The van der Waals surface area contributed by atoms with Gasteiger partial charge in [-0.3, -0.25) is 0 Å². The van der Waals surface area contributed by atoms with Crippen molar-refractivity contribution < 1.29 is 110 Å². The Labute approximate surface area is 309 Å². The molecule has 22 heteroatoms. The van der Waals surface area contributed by atoms with Gasteiger partial charge in [-0.25, -0.2) is 43.2 Å². The smallest absolute Gasteiger partial charge is 0.327 e. The summed E-state index contributed by atoms with van der Waals surface area (Å²) in [6.45, 7) is 25.0. The number of aliphatic hydroxyl groups is 4. The van der Waals surface area contributed by atoms with E-state index in [2.05, 4.69) is 59.2 Å². The minimum atomic E-state index is -1.11. The van der Waals surface area contributed by atoms with Gasteiger partial charge >= 0.3 is 53.7 Å². The Kier molecular flexibility index (Phi) is 81.8. The van der Waals surface area contributed by atoms with E-state index in [1.54, 1.807) is 0 Å². The lowest BCUT2D eigenvalue weighted by Gasteiger charge is -2.23. The zero-order chi connectivity index (χ0) is 45.9. The molecule has 0 rings (SSSR count). The molecule has 0 radical (unpaired) electrons. The monoisotopic (exact) mass is 784 g/mol. The summed E-state index contributed by atoms with van der Waals surface area (Å²) in [4.78, 5) is 83.2. The first-order valence-corrected chi connectivity index (χ1v) is 12.8. The van der Waals surface area contributed by atoms with Gasteiger partial charge in [0.25, 0.3) is 0 Å². The van der Waals surface area contributed by atoms with Crippen LogP contribution in [0.4, 0.5) is 0 Å². The van der Waals surface area contributed by atoms with Crippen LogP contribution >= 0.6 is 0 Å². The van der Waals surface area contributed by atoms with Crippen molar-refractivity contribution in [3.05, 3.63) is 114 Å². The standard InChI is InChI=1S/C5H12O4.9C3H4O2/c6-1-5(2-7,3-8)4-9;9*1-2-3(4)5/h6-9H,1-4H2;9*2H,1H2,(H,4,5). The lowest BCUT2D eigenvalue weighted by atomic mass is 9.93. The van der Waals surface area contributed by atoms with Crippen molar-refractivity contribution in [1.82, 2.24) is 0 Å². The molecule has 0 saturated carbocycles. The molecule has 0 spiro atoms. The highest BCUT2D eigenvalue weighted by Crippen LogP contribution is 2.11.